The van der Waals surface area contributed by atoms with Crippen LogP contribution in [0, 0.1) is 0 Å². The van der Waals surface area contributed by atoms with Gasteiger partial charge in [-0.3, -0.25) is 4.79 Å². The van der Waals surface area contributed by atoms with E-state index in [0.717, 1.165) is 12.0 Å². The highest BCUT2D eigenvalue weighted by molar-refractivity contribution is 7.92. The number of Topliss-reactive ketones (excluding diaryl/α,β-unsaturated/α-hetero) is 1. The summed E-state index contributed by atoms with van der Waals surface area (Å²) in [4.78, 5) is 12.4. The van der Waals surface area contributed by atoms with Gasteiger partial charge in [-0.05, 0) is 23.8 Å². The highest BCUT2D eigenvalue weighted by Crippen LogP contribution is 2.25. The van der Waals surface area contributed by atoms with Crippen LogP contribution in [0.1, 0.15) is 56.0 Å². The molecule has 0 aromatic heterocycles. The Morgan fingerprint density at radius 1 is 1.10 bits per heavy atom. The molecular weight excluding hydrogens is 272 g/mol. The van der Waals surface area contributed by atoms with Gasteiger partial charge in [0.25, 0.3) is 0 Å². The fourth-order valence-corrected chi connectivity index (χ4v) is 4.45. The predicted molar refractivity (Wildman–Crippen MR) is 80.9 cm³/mol. The molecule has 4 heteroatoms. The van der Waals surface area contributed by atoms with E-state index in [1.807, 2.05) is 12.1 Å². The van der Waals surface area contributed by atoms with E-state index >= 15 is 0 Å². The maximum absolute atomic E-state index is 12.4. The number of hydrogen-bond donors (Lipinski definition) is 0. The molecule has 1 fully saturated rings. The van der Waals surface area contributed by atoms with Crippen LogP contribution < -0.4 is 0 Å². The average molecular weight is 294 g/mol. The molecule has 0 saturated carbocycles. The van der Waals surface area contributed by atoms with E-state index in [-0.39, 0.29) is 17.0 Å². The summed E-state index contributed by atoms with van der Waals surface area (Å²) in [5.74, 6) is -0.103. The van der Waals surface area contributed by atoms with Gasteiger partial charge in [-0.15, -0.1) is 0 Å². The van der Waals surface area contributed by atoms with Crippen molar-refractivity contribution in [3.63, 3.8) is 0 Å². The molecule has 1 aromatic rings. The second-order valence-corrected chi connectivity index (χ2v) is 8.85. The molecule has 0 bridgehead atoms. The summed E-state index contributed by atoms with van der Waals surface area (Å²) >= 11 is 0. The first kappa shape index (κ1) is 15.2. The normalized spacial score (nSPS) is 22.4. The van der Waals surface area contributed by atoms with E-state index in [1.165, 1.54) is 0 Å². The van der Waals surface area contributed by atoms with Gasteiger partial charge in [-0.2, -0.15) is 0 Å². The number of benzene rings is 1. The lowest BCUT2D eigenvalue weighted by atomic mass is 9.86. The highest BCUT2D eigenvalue weighted by atomic mass is 32.2. The van der Waals surface area contributed by atoms with Crippen molar-refractivity contribution in [2.45, 2.75) is 50.7 Å². The summed E-state index contributed by atoms with van der Waals surface area (Å²) < 4.78 is 24.0. The Bertz CT molecular complexity index is 592. The minimum absolute atomic E-state index is 0.0263. The van der Waals surface area contributed by atoms with Crippen LogP contribution in [0.25, 0.3) is 0 Å². The molecule has 2 rings (SSSR count). The molecule has 20 heavy (non-hydrogen) atoms. The third kappa shape index (κ3) is 3.11. The van der Waals surface area contributed by atoms with E-state index < -0.39 is 15.1 Å². The SMILES string of the molecule is CC(C)(C)c1ccc(C(=O)C2CCCCS2(=O)=O)cc1. The molecule has 3 nitrogen and oxygen atoms in total. The van der Waals surface area contributed by atoms with Crippen LogP contribution >= 0.6 is 0 Å². The zero-order chi connectivity index (χ0) is 15.0. The summed E-state index contributed by atoms with van der Waals surface area (Å²) in [5, 5.41) is -0.836. The van der Waals surface area contributed by atoms with E-state index in [4.69, 9.17) is 0 Å². The molecule has 0 amide bonds. The van der Waals surface area contributed by atoms with Gasteiger partial charge in [0.2, 0.25) is 0 Å². The van der Waals surface area contributed by atoms with Gasteiger partial charge in [0.1, 0.15) is 5.25 Å². The molecule has 1 saturated heterocycles. The summed E-state index contributed by atoms with van der Waals surface area (Å²) in [6.45, 7) is 6.32. The minimum atomic E-state index is -3.26. The second kappa shape index (κ2) is 5.32. The smallest absolute Gasteiger partial charge is 0.180 e. The molecule has 0 aliphatic carbocycles. The first-order chi connectivity index (χ1) is 9.22. The Morgan fingerprint density at radius 3 is 2.20 bits per heavy atom. The van der Waals surface area contributed by atoms with Crippen LogP contribution in [0.5, 0.6) is 0 Å². The fraction of sp³-hybridized carbons (Fsp3) is 0.562. The standard InChI is InChI=1S/C16H22O3S/c1-16(2,3)13-9-7-12(8-10-13)15(17)14-6-4-5-11-20(14,18)19/h7-10,14H,4-6,11H2,1-3H3. The Kier molecular flexibility index (Phi) is 4.05. The third-order valence-electron chi connectivity index (χ3n) is 3.91. The number of ketones is 1. The molecule has 0 spiro atoms. The largest absolute Gasteiger partial charge is 0.293 e. The molecule has 0 N–H and O–H groups in total. The zero-order valence-electron chi connectivity index (χ0n) is 12.3. The Labute approximate surface area is 121 Å². The van der Waals surface area contributed by atoms with E-state index in [1.54, 1.807) is 12.1 Å². The van der Waals surface area contributed by atoms with Crippen molar-refractivity contribution in [3.8, 4) is 0 Å². The van der Waals surface area contributed by atoms with Crippen LogP contribution in [0.4, 0.5) is 0 Å². The molecule has 1 heterocycles. The monoisotopic (exact) mass is 294 g/mol. The van der Waals surface area contributed by atoms with Crippen LogP contribution in [0.15, 0.2) is 24.3 Å². The Morgan fingerprint density at radius 2 is 1.70 bits per heavy atom. The van der Waals surface area contributed by atoms with E-state index in [2.05, 4.69) is 20.8 Å². The molecule has 1 unspecified atom stereocenters. The zero-order valence-corrected chi connectivity index (χ0v) is 13.2. The third-order valence-corrected chi connectivity index (χ3v) is 6.08. The van der Waals surface area contributed by atoms with Gasteiger partial charge >= 0.3 is 0 Å². The van der Waals surface area contributed by atoms with Gasteiger partial charge in [-0.25, -0.2) is 8.42 Å². The van der Waals surface area contributed by atoms with Crippen LogP contribution in [-0.2, 0) is 15.3 Å². The highest BCUT2D eigenvalue weighted by Gasteiger charge is 2.35. The first-order valence-electron chi connectivity index (χ1n) is 7.08. The summed E-state index contributed by atoms with van der Waals surface area (Å²) in [6.07, 6.45) is 1.95. The van der Waals surface area contributed by atoms with Crippen LogP contribution in [0.2, 0.25) is 0 Å². The van der Waals surface area contributed by atoms with Crippen molar-refractivity contribution in [2.75, 3.05) is 5.75 Å². The number of hydrogen-bond acceptors (Lipinski definition) is 3. The van der Waals surface area contributed by atoms with Gasteiger partial charge < -0.3 is 0 Å². The molecule has 1 aliphatic heterocycles. The van der Waals surface area contributed by atoms with Crippen molar-refractivity contribution in [1.82, 2.24) is 0 Å². The van der Waals surface area contributed by atoms with Crippen LogP contribution in [0.3, 0.4) is 0 Å². The fourth-order valence-electron chi connectivity index (χ4n) is 2.57. The molecule has 1 aliphatic rings. The minimum Gasteiger partial charge on any atom is -0.293 e. The number of carbonyl (C=O) groups is 1. The number of carbonyl (C=O) groups excluding carboxylic acids is 1. The molecule has 0 radical (unpaired) electrons. The topological polar surface area (TPSA) is 51.2 Å². The van der Waals surface area contributed by atoms with Crippen molar-refractivity contribution in [1.29, 1.82) is 0 Å². The van der Waals surface area contributed by atoms with Crippen molar-refractivity contribution >= 4 is 15.6 Å². The van der Waals surface area contributed by atoms with Crippen molar-refractivity contribution < 1.29 is 13.2 Å². The van der Waals surface area contributed by atoms with Crippen molar-refractivity contribution in [2.24, 2.45) is 0 Å². The summed E-state index contributed by atoms with van der Waals surface area (Å²) in [5.41, 5.74) is 1.67. The van der Waals surface area contributed by atoms with E-state index in [9.17, 15) is 13.2 Å². The van der Waals surface area contributed by atoms with E-state index in [0.29, 0.717) is 18.4 Å². The maximum atomic E-state index is 12.4. The predicted octanol–water partition coefficient (Wildman–Crippen LogP) is 3.13. The van der Waals surface area contributed by atoms with Crippen molar-refractivity contribution in [3.05, 3.63) is 35.4 Å². The van der Waals surface area contributed by atoms with Gasteiger partial charge in [-0.1, -0.05) is 51.5 Å². The first-order valence-corrected chi connectivity index (χ1v) is 8.80. The van der Waals surface area contributed by atoms with Gasteiger partial charge in [0.05, 0.1) is 5.75 Å². The number of sulfone groups is 1. The quantitative estimate of drug-likeness (QED) is 0.787. The molecule has 1 atom stereocenters. The van der Waals surface area contributed by atoms with Gasteiger partial charge in [0, 0.05) is 5.56 Å². The molecular formula is C16H22O3S. The van der Waals surface area contributed by atoms with Crippen LogP contribution in [-0.4, -0.2) is 25.2 Å². The average Bonchev–Trinajstić information content (AvgIpc) is 2.36. The summed E-state index contributed by atoms with van der Waals surface area (Å²) in [6, 6.07) is 7.35. The number of rotatable bonds is 2. The Balaban J connectivity index is 2.26. The molecule has 110 valence electrons. The Hall–Kier alpha value is -1.16. The summed E-state index contributed by atoms with van der Waals surface area (Å²) in [7, 11) is -3.26. The maximum Gasteiger partial charge on any atom is 0.180 e. The second-order valence-electron chi connectivity index (χ2n) is 6.54. The lowest BCUT2D eigenvalue weighted by Gasteiger charge is -2.22. The lowest BCUT2D eigenvalue weighted by molar-refractivity contribution is 0.0981. The molecule has 1 aromatic carbocycles. The lowest BCUT2D eigenvalue weighted by Crippen LogP contribution is -2.35. The van der Waals surface area contributed by atoms with Gasteiger partial charge in [0.15, 0.2) is 15.6 Å².